The van der Waals surface area contributed by atoms with Gasteiger partial charge in [0.25, 0.3) is 0 Å². The van der Waals surface area contributed by atoms with E-state index in [0.717, 1.165) is 10.8 Å². The molecule has 0 radical (unpaired) electrons. The van der Waals surface area contributed by atoms with Gasteiger partial charge in [-0.25, -0.2) is 18.2 Å². The largest absolute Gasteiger partial charge is 0.449 e. The number of nitrogens with zero attached hydrogens (tertiary/aromatic N) is 3. The van der Waals surface area contributed by atoms with Crippen LogP contribution in [0.1, 0.15) is 36.5 Å². The summed E-state index contributed by atoms with van der Waals surface area (Å²) in [5, 5.41) is 0. The lowest BCUT2D eigenvalue weighted by molar-refractivity contribution is -0.148. The SMILES string of the molecule is C[C@@H]1c2cnc(C(F)(F)F)n2CCN1C(=O)C[C@H](N)Cc1cc(F)c(F)cc1F. The van der Waals surface area contributed by atoms with Gasteiger partial charge in [0.2, 0.25) is 11.7 Å². The molecule has 2 N–H and O–H groups in total. The molecule has 1 aromatic carbocycles. The molecule has 0 unspecified atom stereocenters. The monoisotopic (exact) mass is 420 g/mol. The average Bonchev–Trinajstić information content (AvgIpc) is 3.05. The van der Waals surface area contributed by atoms with Crippen molar-refractivity contribution in [2.75, 3.05) is 6.54 Å². The number of imidazole rings is 1. The van der Waals surface area contributed by atoms with Crippen molar-refractivity contribution in [3.8, 4) is 0 Å². The van der Waals surface area contributed by atoms with E-state index in [-0.39, 0.29) is 37.2 Å². The number of aromatic nitrogens is 2. The Morgan fingerprint density at radius 2 is 1.86 bits per heavy atom. The second-order valence-corrected chi connectivity index (χ2v) is 6.95. The summed E-state index contributed by atoms with van der Waals surface area (Å²) in [6.07, 6.45) is -3.94. The number of alkyl halides is 3. The van der Waals surface area contributed by atoms with Crippen LogP contribution in [-0.4, -0.2) is 32.9 Å². The third-order valence-electron chi connectivity index (χ3n) is 4.93. The molecule has 5 nitrogen and oxygen atoms in total. The van der Waals surface area contributed by atoms with Crippen molar-refractivity contribution in [3.05, 3.63) is 52.9 Å². The summed E-state index contributed by atoms with van der Waals surface area (Å²) >= 11 is 0. The molecule has 2 heterocycles. The fourth-order valence-electron chi connectivity index (χ4n) is 3.50. The van der Waals surface area contributed by atoms with E-state index in [4.69, 9.17) is 5.73 Å². The van der Waals surface area contributed by atoms with Crippen molar-refractivity contribution in [2.45, 2.75) is 44.6 Å². The van der Waals surface area contributed by atoms with Gasteiger partial charge in [-0.1, -0.05) is 0 Å². The molecule has 0 saturated heterocycles. The molecule has 1 aliphatic heterocycles. The first-order chi connectivity index (χ1) is 13.5. The number of rotatable bonds is 4. The maximum atomic E-state index is 13.7. The van der Waals surface area contributed by atoms with Crippen LogP contribution in [0, 0.1) is 17.5 Å². The third kappa shape index (κ3) is 4.24. The van der Waals surface area contributed by atoms with Crippen molar-refractivity contribution in [1.29, 1.82) is 0 Å². The molecule has 29 heavy (non-hydrogen) atoms. The summed E-state index contributed by atoms with van der Waals surface area (Å²) in [6, 6.07) is -0.445. The van der Waals surface area contributed by atoms with Gasteiger partial charge in [-0.05, 0) is 25.0 Å². The molecule has 2 atom stereocenters. The first kappa shape index (κ1) is 21.2. The van der Waals surface area contributed by atoms with Gasteiger partial charge in [0.15, 0.2) is 11.6 Å². The summed E-state index contributed by atoms with van der Waals surface area (Å²) in [5.41, 5.74) is 5.96. The first-order valence-electron chi connectivity index (χ1n) is 8.80. The standard InChI is InChI=1S/C18H18F6N4O/c1-9-15-8-26-17(18(22,23)24)28(15)3-2-27(9)16(29)6-11(25)4-10-5-13(20)14(21)7-12(10)19/h5,7-9,11H,2-4,6,25H2,1H3/t9-,11-/m1/s1. The van der Waals surface area contributed by atoms with Crippen LogP contribution in [0.2, 0.25) is 0 Å². The van der Waals surface area contributed by atoms with Crippen LogP contribution >= 0.6 is 0 Å². The third-order valence-corrected chi connectivity index (χ3v) is 4.93. The zero-order valence-electron chi connectivity index (χ0n) is 15.3. The maximum absolute atomic E-state index is 13.7. The minimum absolute atomic E-state index is 0.0265. The molecule has 1 aliphatic rings. The van der Waals surface area contributed by atoms with Crippen molar-refractivity contribution < 1.29 is 31.1 Å². The minimum Gasteiger partial charge on any atom is -0.333 e. The van der Waals surface area contributed by atoms with E-state index in [1.807, 2.05) is 0 Å². The van der Waals surface area contributed by atoms with Gasteiger partial charge in [-0.2, -0.15) is 13.2 Å². The van der Waals surface area contributed by atoms with Crippen LogP contribution in [0.25, 0.3) is 0 Å². The Hall–Kier alpha value is -2.56. The molecule has 1 aromatic heterocycles. The Balaban J connectivity index is 1.68. The molecule has 2 aromatic rings. The number of fused-ring (bicyclic) bond motifs is 1. The van der Waals surface area contributed by atoms with Gasteiger partial charge in [0.05, 0.1) is 17.9 Å². The number of hydrogen-bond donors (Lipinski definition) is 1. The lowest BCUT2D eigenvalue weighted by atomic mass is 10.0. The number of carbonyl (C=O) groups is 1. The van der Waals surface area contributed by atoms with Crippen LogP contribution in [0.5, 0.6) is 0 Å². The zero-order valence-corrected chi connectivity index (χ0v) is 15.3. The maximum Gasteiger partial charge on any atom is 0.449 e. The number of amides is 1. The van der Waals surface area contributed by atoms with Crippen molar-refractivity contribution in [1.82, 2.24) is 14.5 Å². The minimum atomic E-state index is -4.60. The molecule has 3 rings (SSSR count). The number of nitrogens with two attached hydrogens (primary N) is 1. The molecule has 0 spiro atoms. The van der Waals surface area contributed by atoms with Gasteiger partial charge in [0.1, 0.15) is 5.82 Å². The zero-order chi connectivity index (χ0) is 21.5. The predicted molar refractivity (Wildman–Crippen MR) is 90.0 cm³/mol. The molecular weight excluding hydrogens is 402 g/mol. The van der Waals surface area contributed by atoms with Gasteiger partial charge in [-0.15, -0.1) is 0 Å². The van der Waals surface area contributed by atoms with E-state index >= 15 is 0 Å². The van der Waals surface area contributed by atoms with Gasteiger partial charge >= 0.3 is 6.18 Å². The summed E-state index contributed by atoms with van der Waals surface area (Å²) < 4.78 is 80.1. The highest BCUT2D eigenvalue weighted by Crippen LogP contribution is 2.34. The number of hydrogen-bond acceptors (Lipinski definition) is 3. The highest BCUT2D eigenvalue weighted by Gasteiger charge is 2.40. The summed E-state index contributed by atoms with van der Waals surface area (Å²) in [4.78, 5) is 17.4. The molecule has 0 saturated carbocycles. The van der Waals surface area contributed by atoms with E-state index < -0.39 is 47.4 Å². The van der Waals surface area contributed by atoms with Gasteiger partial charge in [0, 0.05) is 31.6 Å². The molecular formula is C18H18F6N4O. The van der Waals surface area contributed by atoms with Crippen molar-refractivity contribution in [2.24, 2.45) is 5.73 Å². The number of carbonyl (C=O) groups excluding carboxylic acids is 1. The molecule has 11 heteroatoms. The van der Waals surface area contributed by atoms with E-state index in [1.165, 1.54) is 4.90 Å². The number of halogens is 6. The quantitative estimate of drug-likeness (QED) is 0.611. The highest BCUT2D eigenvalue weighted by atomic mass is 19.4. The molecule has 158 valence electrons. The molecule has 0 fully saturated rings. The molecule has 0 aliphatic carbocycles. The summed E-state index contributed by atoms with van der Waals surface area (Å²) in [6.45, 7) is 1.53. The number of benzene rings is 1. The topological polar surface area (TPSA) is 64.2 Å². The van der Waals surface area contributed by atoms with Gasteiger partial charge < -0.3 is 15.2 Å². The normalized spacial score (nSPS) is 17.9. The second kappa shape index (κ2) is 7.69. The van der Waals surface area contributed by atoms with Crippen LogP contribution in [0.15, 0.2) is 18.3 Å². The van der Waals surface area contributed by atoms with E-state index in [2.05, 4.69) is 4.98 Å². The van der Waals surface area contributed by atoms with Crippen LogP contribution in [-0.2, 0) is 23.9 Å². The lowest BCUT2D eigenvalue weighted by Gasteiger charge is -2.35. The van der Waals surface area contributed by atoms with E-state index in [9.17, 15) is 31.1 Å². The predicted octanol–water partition coefficient (Wildman–Crippen LogP) is 3.18. The first-order valence-corrected chi connectivity index (χ1v) is 8.80. The second-order valence-electron chi connectivity index (χ2n) is 6.95. The van der Waals surface area contributed by atoms with Crippen LogP contribution in [0.3, 0.4) is 0 Å². The van der Waals surface area contributed by atoms with E-state index in [0.29, 0.717) is 12.1 Å². The Labute approximate surface area is 162 Å². The Kier molecular flexibility index (Phi) is 5.61. The van der Waals surface area contributed by atoms with Crippen LogP contribution < -0.4 is 5.73 Å². The Morgan fingerprint density at radius 3 is 2.52 bits per heavy atom. The Bertz CT molecular complexity index is 926. The summed E-state index contributed by atoms with van der Waals surface area (Å²) in [7, 11) is 0. The van der Waals surface area contributed by atoms with Crippen LogP contribution in [0.4, 0.5) is 26.3 Å². The average molecular weight is 420 g/mol. The Morgan fingerprint density at radius 1 is 1.21 bits per heavy atom. The smallest absolute Gasteiger partial charge is 0.333 e. The summed E-state index contributed by atoms with van der Waals surface area (Å²) in [5.74, 6) is -4.97. The van der Waals surface area contributed by atoms with Crippen molar-refractivity contribution in [3.63, 3.8) is 0 Å². The highest BCUT2D eigenvalue weighted by molar-refractivity contribution is 5.77. The van der Waals surface area contributed by atoms with Gasteiger partial charge in [-0.3, -0.25) is 4.79 Å². The van der Waals surface area contributed by atoms with E-state index in [1.54, 1.807) is 6.92 Å². The molecule has 1 amide bonds. The molecule has 0 bridgehead atoms. The fourth-order valence-corrected chi connectivity index (χ4v) is 3.50. The van der Waals surface area contributed by atoms with Crippen molar-refractivity contribution >= 4 is 5.91 Å². The lowest BCUT2D eigenvalue weighted by Crippen LogP contribution is -2.43. The fraction of sp³-hybridized carbons (Fsp3) is 0.444.